The number of nitrogens with two attached hydrogens (primary N) is 1. The summed E-state index contributed by atoms with van der Waals surface area (Å²) >= 11 is 0. The lowest BCUT2D eigenvalue weighted by Crippen LogP contribution is -2.41. The van der Waals surface area contributed by atoms with Crippen LogP contribution in [0.3, 0.4) is 0 Å². The highest BCUT2D eigenvalue weighted by Gasteiger charge is 2.23. The summed E-state index contributed by atoms with van der Waals surface area (Å²) in [5, 5.41) is 0. The smallest absolute Gasteiger partial charge is 0.000724 e. The van der Waals surface area contributed by atoms with E-state index in [9.17, 15) is 0 Å². The molecular weight excluding hydrogens is 184 g/mol. The molecule has 0 aromatic rings. The van der Waals surface area contributed by atoms with E-state index < -0.39 is 0 Å². The lowest BCUT2D eigenvalue weighted by Gasteiger charge is -2.36. The molecule has 0 spiro atoms. The molecule has 1 aliphatic heterocycles. The average molecular weight is 212 g/mol. The molecule has 2 atom stereocenters. The lowest BCUT2D eigenvalue weighted by molar-refractivity contribution is 0.124. The number of likely N-dealkylation sites (tertiary alicyclic amines) is 1. The summed E-state index contributed by atoms with van der Waals surface area (Å²) in [6.45, 7) is 13.9. The number of hydrogen-bond acceptors (Lipinski definition) is 2. The minimum Gasteiger partial charge on any atom is -0.330 e. The standard InChI is InChI=1S/C13H28N2/c1-11-7-12(2)9-15(8-11)6-5-13(3,4)10-14/h11-12H,5-10,14H2,1-4H3. The summed E-state index contributed by atoms with van der Waals surface area (Å²) in [7, 11) is 0. The van der Waals surface area contributed by atoms with Gasteiger partial charge < -0.3 is 10.6 Å². The number of piperidine rings is 1. The Morgan fingerprint density at radius 2 is 1.73 bits per heavy atom. The van der Waals surface area contributed by atoms with Gasteiger partial charge in [-0.1, -0.05) is 27.7 Å². The molecule has 90 valence electrons. The van der Waals surface area contributed by atoms with Gasteiger partial charge in [-0.2, -0.15) is 0 Å². The molecule has 2 nitrogen and oxygen atoms in total. The molecule has 2 N–H and O–H groups in total. The molecule has 15 heavy (non-hydrogen) atoms. The molecule has 1 rings (SSSR count). The zero-order valence-electron chi connectivity index (χ0n) is 10.9. The molecule has 1 aliphatic rings. The number of nitrogens with zero attached hydrogens (tertiary/aromatic N) is 1. The summed E-state index contributed by atoms with van der Waals surface area (Å²) in [5.74, 6) is 1.74. The first-order valence-corrected chi connectivity index (χ1v) is 6.35. The Balaban J connectivity index is 2.32. The summed E-state index contributed by atoms with van der Waals surface area (Å²) in [5.41, 5.74) is 6.07. The van der Waals surface area contributed by atoms with Gasteiger partial charge in [-0.25, -0.2) is 0 Å². The largest absolute Gasteiger partial charge is 0.330 e. The first kappa shape index (κ1) is 13.0. The van der Waals surface area contributed by atoms with Crippen LogP contribution >= 0.6 is 0 Å². The first-order chi connectivity index (χ1) is 6.93. The van der Waals surface area contributed by atoms with Crippen LogP contribution in [-0.4, -0.2) is 31.1 Å². The van der Waals surface area contributed by atoms with Crippen molar-refractivity contribution in [1.29, 1.82) is 0 Å². The molecule has 0 amide bonds. The van der Waals surface area contributed by atoms with Crippen LogP contribution in [0.2, 0.25) is 0 Å². The molecule has 1 fully saturated rings. The van der Waals surface area contributed by atoms with Crippen molar-refractivity contribution in [1.82, 2.24) is 4.90 Å². The molecule has 2 heteroatoms. The fourth-order valence-electron chi connectivity index (χ4n) is 2.54. The molecule has 0 bridgehead atoms. The summed E-state index contributed by atoms with van der Waals surface area (Å²) in [4.78, 5) is 2.62. The lowest BCUT2D eigenvalue weighted by atomic mass is 9.87. The topological polar surface area (TPSA) is 29.3 Å². The van der Waals surface area contributed by atoms with E-state index in [1.807, 2.05) is 0 Å². The Morgan fingerprint density at radius 1 is 1.20 bits per heavy atom. The molecule has 1 saturated heterocycles. The first-order valence-electron chi connectivity index (χ1n) is 6.35. The van der Waals surface area contributed by atoms with E-state index in [4.69, 9.17) is 5.73 Å². The third-order valence-corrected chi connectivity index (χ3v) is 3.60. The Morgan fingerprint density at radius 3 is 2.20 bits per heavy atom. The van der Waals surface area contributed by atoms with E-state index in [0.29, 0.717) is 5.41 Å². The van der Waals surface area contributed by atoms with E-state index in [2.05, 4.69) is 32.6 Å². The molecule has 2 unspecified atom stereocenters. The molecular formula is C13H28N2. The van der Waals surface area contributed by atoms with Gasteiger partial charge in [0.05, 0.1) is 0 Å². The molecule has 0 saturated carbocycles. The van der Waals surface area contributed by atoms with E-state index in [0.717, 1.165) is 18.4 Å². The van der Waals surface area contributed by atoms with Gasteiger partial charge in [-0.05, 0) is 43.2 Å². The van der Waals surface area contributed by atoms with E-state index >= 15 is 0 Å². The zero-order valence-corrected chi connectivity index (χ0v) is 10.9. The predicted octanol–water partition coefficient (Wildman–Crippen LogP) is 2.34. The maximum Gasteiger partial charge on any atom is 0.000724 e. The van der Waals surface area contributed by atoms with Gasteiger partial charge in [0.25, 0.3) is 0 Å². The van der Waals surface area contributed by atoms with Crippen molar-refractivity contribution in [3.8, 4) is 0 Å². The molecule has 0 aromatic carbocycles. The van der Waals surface area contributed by atoms with Gasteiger partial charge in [-0.3, -0.25) is 0 Å². The minimum atomic E-state index is 0.309. The fourth-order valence-corrected chi connectivity index (χ4v) is 2.54. The zero-order chi connectivity index (χ0) is 11.5. The van der Waals surface area contributed by atoms with Crippen LogP contribution in [0.4, 0.5) is 0 Å². The second-order valence-corrected chi connectivity index (χ2v) is 6.32. The average Bonchev–Trinajstić information content (AvgIpc) is 2.14. The fraction of sp³-hybridized carbons (Fsp3) is 1.00. The van der Waals surface area contributed by atoms with Crippen molar-refractivity contribution in [2.24, 2.45) is 23.0 Å². The van der Waals surface area contributed by atoms with E-state index in [1.165, 1.54) is 32.5 Å². The third-order valence-electron chi connectivity index (χ3n) is 3.60. The van der Waals surface area contributed by atoms with Crippen molar-refractivity contribution in [2.75, 3.05) is 26.2 Å². The van der Waals surface area contributed by atoms with Gasteiger partial charge in [0.15, 0.2) is 0 Å². The highest BCUT2D eigenvalue weighted by atomic mass is 15.1. The van der Waals surface area contributed by atoms with Gasteiger partial charge in [0.1, 0.15) is 0 Å². The van der Waals surface area contributed by atoms with Crippen LogP contribution < -0.4 is 5.73 Å². The summed E-state index contributed by atoms with van der Waals surface area (Å²) in [6, 6.07) is 0. The van der Waals surface area contributed by atoms with Crippen molar-refractivity contribution < 1.29 is 0 Å². The minimum absolute atomic E-state index is 0.309. The second-order valence-electron chi connectivity index (χ2n) is 6.32. The molecule has 0 aromatic heterocycles. The highest BCUT2D eigenvalue weighted by Crippen LogP contribution is 2.24. The highest BCUT2D eigenvalue weighted by molar-refractivity contribution is 4.77. The van der Waals surface area contributed by atoms with Crippen LogP contribution in [0.5, 0.6) is 0 Å². The van der Waals surface area contributed by atoms with Gasteiger partial charge in [0.2, 0.25) is 0 Å². The van der Waals surface area contributed by atoms with Crippen LogP contribution in [0.25, 0.3) is 0 Å². The Bertz CT molecular complexity index is 179. The second kappa shape index (κ2) is 5.31. The summed E-state index contributed by atoms with van der Waals surface area (Å²) < 4.78 is 0. The predicted molar refractivity (Wildman–Crippen MR) is 66.8 cm³/mol. The van der Waals surface area contributed by atoms with Crippen molar-refractivity contribution >= 4 is 0 Å². The molecule has 1 heterocycles. The van der Waals surface area contributed by atoms with E-state index in [-0.39, 0.29) is 0 Å². The van der Waals surface area contributed by atoms with E-state index in [1.54, 1.807) is 0 Å². The number of hydrogen-bond donors (Lipinski definition) is 1. The monoisotopic (exact) mass is 212 g/mol. The van der Waals surface area contributed by atoms with Crippen LogP contribution in [0, 0.1) is 17.3 Å². The normalized spacial score (nSPS) is 29.4. The van der Waals surface area contributed by atoms with Crippen molar-refractivity contribution in [3.05, 3.63) is 0 Å². The van der Waals surface area contributed by atoms with Crippen molar-refractivity contribution in [2.45, 2.75) is 40.5 Å². The van der Waals surface area contributed by atoms with Gasteiger partial charge >= 0.3 is 0 Å². The maximum atomic E-state index is 5.76. The van der Waals surface area contributed by atoms with Crippen molar-refractivity contribution in [3.63, 3.8) is 0 Å². The molecule has 0 radical (unpaired) electrons. The SMILES string of the molecule is CC1CC(C)CN(CCC(C)(C)CN)C1. The van der Waals surface area contributed by atoms with Crippen LogP contribution in [0.15, 0.2) is 0 Å². The molecule has 0 aliphatic carbocycles. The van der Waals surface area contributed by atoms with Crippen LogP contribution in [0.1, 0.15) is 40.5 Å². The summed E-state index contributed by atoms with van der Waals surface area (Å²) in [6.07, 6.45) is 2.62. The quantitative estimate of drug-likeness (QED) is 0.775. The van der Waals surface area contributed by atoms with Crippen LogP contribution in [-0.2, 0) is 0 Å². The van der Waals surface area contributed by atoms with Gasteiger partial charge in [0, 0.05) is 13.1 Å². The third kappa shape index (κ3) is 4.52. The maximum absolute atomic E-state index is 5.76. The number of rotatable bonds is 4. The Hall–Kier alpha value is -0.0800. The Kier molecular flexibility index (Phi) is 4.60. The Labute approximate surface area is 95.2 Å². The van der Waals surface area contributed by atoms with Gasteiger partial charge in [-0.15, -0.1) is 0 Å².